The van der Waals surface area contributed by atoms with Gasteiger partial charge < -0.3 is 10.0 Å². The molecule has 0 saturated carbocycles. The van der Waals surface area contributed by atoms with Crippen LogP contribution in [0.1, 0.15) is 23.0 Å². The Bertz CT molecular complexity index is 430. The minimum Gasteiger partial charge on any atom is -0.392 e. The van der Waals surface area contributed by atoms with Gasteiger partial charge in [0.25, 0.3) is 5.91 Å². The van der Waals surface area contributed by atoms with Crippen molar-refractivity contribution in [3.8, 4) is 0 Å². The van der Waals surface area contributed by atoms with Gasteiger partial charge in [0, 0.05) is 32.7 Å². The van der Waals surface area contributed by atoms with Crippen LogP contribution in [0.2, 0.25) is 4.34 Å². The molecule has 0 spiro atoms. The zero-order chi connectivity index (χ0) is 13.8. The lowest BCUT2D eigenvalue weighted by Crippen LogP contribution is -2.50. The van der Waals surface area contributed by atoms with Crippen LogP contribution in [0.5, 0.6) is 0 Å². The molecule has 0 bridgehead atoms. The standard InChI is InChI=1S/C13H19ClN2O2S/c1-2-10(17)9-15-5-7-16(8-6-15)13(18)11-3-4-12(14)19-11/h3-4,10,17H,2,5-9H2,1H3/t10-/m1/s1. The fourth-order valence-corrected chi connectivity index (χ4v) is 3.16. The Morgan fingerprint density at radius 1 is 1.42 bits per heavy atom. The van der Waals surface area contributed by atoms with E-state index in [1.807, 2.05) is 11.8 Å². The molecule has 2 rings (SSSR count). The summed E-state index contributed by atoms with van der Waals surface area (Å²) >= 11 is 7.18. The average molecular weight is 303 g/mol. The van der Waals surface area contributed by atoms with Crippen molar-refractivity contribution < 1.29 is 9.90 Å². The number of aliphatic hydroxyl groups excluding tert-OH is 1. The Balaban J connectivity index is 1.84. The van der Waals surface area contributed by atoms with Crippen LogP contribution in [0.3, 0.4) is 0 Å². The molecule has 0 aromatic carbocycles. The molecule has 1 aromatic heterocycles. The lowest BCUT2D eigenvalue weighted by molar-refractivity contribution is 0.0527. The monoisotopic (exact) mass is 302 g/mol. The lowest BCUT2D eigenvalue weighted by Gasteiger charge is -2.35. The molecule has 1 atom stereocenters. The van der Waals surface area contributed by atoms with E-state index in [9.17, 15) is 9.90 Å². The maximum absolute atomic E-state index is 12.2. The van der Waals surface area contributed by atoms with Gasteiger partial charge >= 0.3 is 0 Å². The number of thiophene rings is 1. The van der Waals surface area contributed by atoms with E-state index in [4.69, 9.17) is 11.6 Å². The van der Waals surface area contributed by atoms with Crippen LogP contribution in [0.25, 0.3) is 0 Å². The van der Waals surface area contributed by atoms with Gasteiger partial charge in [0.05, 0.1) is 15.3 Å². The van der Waals surface area contributed by atoms with Crippen molar-refractivity contribution in [2.75, 3.05) is 32.7 Å². The Kier molecular flexibility index (Phi) is 5.21. The second kappa shape index (κ2) is 6.70. The first-order valence-corrected chi connectivity index (χ1v) is 7.74. The SMILES string of the molecule is CC[C@@H](O)CN1CCN(C(=O)c2ccc(Cl)s2)CC1. The number of halogens is 1. The molecule has 0 radical (unpaired) electrons. The summed E-state index contributed by atoms with van der Waals surface area (Å²) in [4.78, 5) is 17.0. The number of rotatable bonds is 4. The van der Waals surface area contributed by atoms with E-state index in [2.05, 4.69) is 4.90 Å². The second-order valence-corrected chi connectivity index (χ2v) is 6.47. The zero-order valence-corrected chi connectivity index (χ0v) is 12.6. The predicted molar refractivity (Wildman–Crippen MR) is 78.0 cm³/mol. The maximum atomic E-state index is 12.2. The lowest BCUT2D eigenvalue weighted by atomic mass is 10.2. The number of nitrogens with zero attached hydrogens (tertiary/aromatic N) is 2. The molecule has 1 aliphatic rings. The third kappa shape index (κ3) is 3.92. The number of hydrogen-bond acceptors (Lipinski definition) is 4. The van der Waals surface area contributed by atoms with Crippen molar-refractivity contribution in [1.29, 1.82) is 0 Å². The van der Waals surface area contributed by atoms with Gasteiger partial charge in [-0.05, 0) is 18.6 Å². The fraction of sp³-hybridized carbons (Fsp3) is 0.615. The van der Waals surface area contributed by atoms with Crippen LogP contribution in [-0.4, -0.2) is 59.6 Å². The van der Waals surface area contributed by atoms with Crippen molar-refractivity contribution in [3.05, 3.63) is 21.3 Å². The third-order valence-corrected chi connectivity index (χ3v) is 4.60. The van der Waals surface area contributed by atoms with Gasteiger partial charge in [-0.1, -0.05) is 18.5 Å². The van der Waals surface area contributed by atoms with Gasteiger partial charge in [0.15, 0.2) is 0 Å². The maximum Gasteiger partial charge on any atom is 0.264 e. The molecule has 4 nitrogen and oxygen atoms in total. The Morgan fingerprint density at radius 2 is 2.11 bits per heavy atom. The van der Waals surface area contributed by atoms with Gasteiger partial charge in [-0.3, -0.25) is 9.69 Å². The highest BCUT2D eigenvalue weighted by atomic mass is 35.5. The second-order valence-electron chi connectivity index (χ2n) is 4.76. The number of β-amino-alcohol motifs (C(OH)–C–C–N with tert-alkyl or cyclic N) is 1. The largest absolute Gasteiger partial charge is 0.392 e. The van der Waals surface area contributed by atoms with Crippen molar-refractivity contribution in [3.63, 3.8) is 0 Å². The molecule has 1 aromatic rings. The van der Waals surface area contributed by atoms with E-state index in [0.717, 1.165) is 19.5 Å². The van der Waals surface area contributed by atoms with Crippen molar-refractivity contribution in [2.24, 2.45) is 0 Å². The van der Waals surface area contributed by atoms with E-state index in [1.165, 1.54) is 11.3 Å². The number of hydrogen-bond donors (Lipinski definition) is 1. The highest BCUT2D eigenvalue weighted by Crippen LogP contribution is 2.23. The molecular weight excluding hydrogens is 284 g/mol. The van der Waals surface area contributed by atoms with Crippen molar-refractivity contribution >= 4 is 28.8 Å². The van der Waals surface area contributed by atoms with Crippen LogP contribution in [-0.2, 0) is 0 Å². The third-order valence-electron chi connectivity index (χ3n) is 3.38. The molecular formula is C13H19ClN2O2S. The summed E-state index contributed by atoms with van der Waals surface area (Å²) in [6.07, 6.45) is 0.505. The van der Waals surface area contributed by atoms with E-state index in [1.54, 1.807) is 12.1 Å². The first-order valence-electron chi connectivity index (χ1n) is 6.55. The van der Waals surface area contributed by atoms with Crippen LogP contribution in [0.15, 0.2) is 12.1 Å². The van der Waals surface area contributed by atoms with E-state index in [-0.39, 0.29) is 12.0 Å². The smallest absolute Gasteiger partial charge is 0.264 e. The number of amides is 1. The van der Waals surface area contributed by atoms with Crippen molar-refractivity contribution in [1.82, 2.24) is 9.80 Å². The molecule has 1 fully saturated rings. The summed E-state index contributed by atoms with van der Waals surface area (Å²) in [5.74, 6) is 0.0626. The van der Waals surface area contributed by atoms with Crippen LogP contribution in [0.4, 0.5) is 0 Å². The molecule has 0 aliphatic carbocycles. The van der Waals surface area contributed by atoms with Crippen LogP contribution in [0, 0.1) is 0 Å². The predicted octanol–water partition coefficient (Wildman–Crippen LogP) is 1.93. The Hall–Kier alpha value is -0.620. The van der Waals surface area contributed by atoms with Crippen molar-refractivity contribution in [2.45, 2.75) is 19.4 Å². The van der Waals surface area contributed by atoms with Gasteiger partial charge in [-0.2, -0.15) is 0 Å². The number of aliphatic hydroxyl groups is 1. The quantitative estimate of drug-likeness (QED) is 0.924. The van der Waals surface area contributed by atoms with E-state index in [0.29, 0.717) is 28.8 Å². The summed E-state index contributed by atoms with van der Waals surface area (Å²) < 4.78 is 0.646. The van der Waals surface area contributed by atoms with Gasteiger partial charge in [-0.25, -0.2) is 0 Å². The molecule has 1 aliphatic heterocycles. The Morgan fingerprint density at radius 3 is 2.63 bits per heavy atom. The molecule has 1 amide bonds. The summed E-state index contributed by atoms with van der Waals surface area (Å²) in [5.41, 5.74) is 0. The molecule has 106 valence electrons. The highest BCUT2D eigenvalue weighted by Gasteiger charge is 2.23. The van der Waals surface area contributed by atoms with E-state index >= 15 is 0 Å². The molecule has 19 heavy (non-hydrogen) atoms. The fourth-order valence-electron chi connectivity index (χ4n) is 2.15. The van der Waals surface area contributed by atoms with Crippen LogP contribution >= 0.6 is 22.9 Å². The average Bonchev–Trinajstić information content (AvgIpc) is 2.85. The summed E-state index contributed by atoms with van der Waals surface area (Å²) in [6.45, 7) is 5.74. The summed E-state index contributed by atoms with van der Waals surface area (Å²) in [6, 6.07) is 3.54. The first kappa shape index (κ1) is 14.8. The van der Waals surface area contributed by atoms with Gasteiger partial charge in [-0.15, -0.1) is 11.3 Å². The molecule has 0 unspecified atom stereocenters. The normalized spacial score (nSPS) is 18.6. The molecule has 2 heterocycles. The molecule has 1 N–H and O–H groups in total. The van der Waals surface area contributed by atoms with Crippen LogP contribution < -0.4 is 0 Å². The van der Waals surface area contributed by atoms with E-state index < -0.39 is 0 Å². The van der Waals surface area contributed by atoms with Gasteiger partial charge in [0.1, 0.15) is 0 Å². The first-order chi connectivity index (χ1) is 9.10. The highest BCUT2D eigenvalue weighted by molar-refractivity contribution is 7.17. The number of carbonyl (C=O) groups excluding carboxylic acids is 1. The minimum absolute atomic E-state index is 0.0626. The summed E-state index contributed by atoms with van der Waals surface area (Å²) in [5, 5.41) is 9.63. The minimum atomic E-state index is -0.265. The number of carbonyl (C=O) groups is 1. The molecule has 1 saturated heterocycles. The molecule has 6 heteroatoms. The topological polar surface area (TPSA) is 43.8 Å². The van der Waals surface area contributed by atoms with Gasteiger partial charge in [0.2, 0.25) is 0 Å². The zero-order valence-electron chi connectivity index (χ0n) is 11.0. The number of piperazine rings is 1. The summed E-state index contributed by atoms with van der Waals surface area (Å²) in [7, 11) is 0. The Labute approximate surface area is 122 Å².